The lowest BCUT2D eigenvalue weighted by Crippen LogP contribution is -2.59. The van der Waals surface area contributed by atoms with Crippen LogP contribution in [0.5, 0.6) is 6.01 Å². The molecule has 1 spiro atoms. The van der Waals surface area contributed by atoms with Crippen molar-refractivity contribution in [1.29, 1.82) is 5.26 Å². The second-order valence-corrected chi connectivity index (χ2v) is 16.4. The molecule has 5 aliphatic rings. The number of ether oxygens (including phenoxy) is 2. The highest BCUT2D eigenvalue weighted by Crippen LogP contribution is 2.53. The summed E-state index contributed by atoms with van der Waals surface area (Å²) in [5, 5.41) is 24.2. The lowest BCUT2D eigenvalue weighted by Gasteiger charge is -2.49. The lowest BCUT2D eigenvalue weighted by atomic mass is 9.74. The topological polar surface area (TPSA) is 127 Å². The van der Waals surface area contributed by atoms with Gasteiger partial charge in [0, 0.05) is 49.4 Å². The second kappa shape index (κ2) is 11.4. The number of nitrogens with zero attached hydrogens (tertiary/aromatic N) is 6. The lowest BCUT2D eigenvalue weighted by molar-refractivity contribution is 0.0444. The van der Waals surface area contributed by atoms with Crippen LogP contribution in [-0.2, 0) is 16.6 Å². The Morgan fingerprint density at radius 3 is 2.57 bits per heavy atom. The smallest absolute Gasteiger partial charge is 0.412 e. The van der Waals surface area contributed by atoms with E-state index in [0.29, 0.717) is 56.0 Å². The van der Waals surface area contributed by atoms with Crippen molar-refractivity contribution in [3.63, 3.8) is 0 Å². The number of amides is 1. The van der Waals surface area contributed by atoms with Gasteiger partial charge in [0.2, 0.25) is 5.82 Å². The van der Waals surface area contributed by atoms with Crippen molar-refractivity contribution in [2.24, 2.45) is 0 Å². The van der Waals surface area contributed by atoms with Crippen molar-refractivity contribution >= 4 is 34.1 Å². The number of β-amino-alcohol motifs (C(OH)–C–C–N with tert-alkyl or cyclic N) is 1. The fraction of sp³-hybridized carbons (Fsp3) is 0.697. The molecule has 4 fully saturated rings. The fourth-order valence-corrected chi connectivity index (χ4v) is 9.63. The normalized spacial score (nSPS) is 28.2. The predicted octanol–water partition coefficient (Wildman–Crippen LogP) is 4.91. The van der Waals surface area contributed by atoms with E-state index in [1.807, 2.05) is 4.90 Å². The van der Waals surface area contributed by atoms with Crippen LogP contribution in [0.3, 0.4) is 0 Å². The molecule has 2 aromatic heterocycles. The summed E-state index contributed by atoms with van der Waals surface area (Å²) in [6, 6.07) is 2.34. The minimum Gasteiger partial charge on any atom is -0.461 e. The number of carbonyl (C=O) groups is 1. The molecular weight excluding hydrogens is 628 g/mol. The molecule has 0 aromatic carbocycles. The zero-order valence-electron chi connectivity index (χ0n) is 27.5. The van der Waals surface area contributed by atoms with Crippen LogP contribution < -0.4 is 19.9 Å². The maximum atomic E-state index is 16.5. The zero-order valence-corrected chi connectivity index (χ0v) is 28.3. The molecule has 2 N–H and O–H groups in total. The van der Waals surface area contributed by atoms with E-state index in [-0.39, 0.29) is 36.2 Å². The predicted molar refractivity (Wildman–Crippen MR) is 174 cm³/mol. The van der Waals surface area contributed by atoms with Crippen LogP contribution in [-0.4, -0.2) is 94.9 Å². The van der Waals surface area contributed by atoms with Gasteiger partial charge in [0.05, 0.1) is 16.7 Å². The molecule has 254 valence electrons. The fourth-order valence-electron chi connectivity index (χ4n) is 8.37. The highest BCUT2D eigenvalue weighted by molar-refractivity contribution is 7.16. The Kier molecular flexibility index (Phi) is 7.84. The Morgan fingerprint density at radius 2 is 1.87 bits per heavy atom. The van der Waals surface area contributed by atoms with Crippen LogP contribution in [0.15, 0.2) is 0 Å². The molecule has 6 heterocycles. The molecule has 1 amide bonds. The van der Waals surface area contributed by atoms with Crippen molar-refractivity contribution in [3.8, 4) is 12.1 Å². The maximum absolute atomic E-state index is 16.5. The average molecular weight is 672 g/mol. The zero-order chi connectivity index (χ0) is 33.4. The first kappa shape index (κ1) is 32.3. The molecule has 47 heavy (non-hydrogen) atoms. The number of aryl methyl sites for hydroxylation is 1. The molecule has 0 radical (unpaired) electrons. The molecule has 4 aliphatic heterocycles. The number of fused-ring (bicyclic) bond motifs is 3. The molecule has 7 rings (SSSR count). The number of aromatic nitrogens is 2. The number of thiophene rings is 1. The standard InChI is InChI=1S/C33H43F2N7O4S/c1-30(2,3)46-29(43)39-27-21(14-36)23-22(47-27)7-10-32(23)17-41(18-32)26-24(35)25(40-11-5-8-31(4,44)16-40)37-28(38-26)45-19-33-9-6-12-42(33)15-20(34)13-33/h20,44H,5-13,15-19H2,1-4H3,(H,39,43)/t20-,31-,33+/m1/s1. The molecular formula is C33H43F2N7O4S. The molecule has 0 bridgehead atoms. The number of halogens is 2. The van der Waals surface area contributed by atoms with Crippen LogP contribution in [0, 0.1) is 17.1 Å². The van der Waals surface area contributed by atoms with Gasteiger partial charge in [-0.05, 0) is 78.3 Å². The van der Waals surface area contributed by atoms with Crippen LogP contribution in [0.25, 0.3) is 0 Å². The summed E-state index contributed by atoms with van der Waals surface area (Å²) in [5.74, 6) is -0.372. The van der Waals surface area contributed by atoms with Crippen molar-refractivity contribution < 1.29 is 28.2 Å². The van der Waals surface area contributed by atoms with Gasteiger partial charge in [-0.15, -0.1) is 11.3 Å². The number of nitrogens with one attached hydrogen (secondary N) is 1. The number of hydrogen-bond donors (Lipinski definition) is 2. The maximum Gasteiger partial charge on any atom is 0.412 e. The van der Waals surface area contributed by atoms with E-state index in [4.69, 9.17) is 9.47 Å². The van der Waals surface area contributed by atoms with Gasteiger partial charge < -0.3 is 24.4 Å². The molecule has 2 aromatic rings. The summed E-state index contributed by atoms with van der Waals surface area (Å²) in [7, 11) is 0. The van der Waals surface area contributed by atoms with Gasteiger partial charge in [0.1, 0.15) is 29.4 Å². The minimum absolute atomic E-state index is 0.0373. The Balaban J connectivity index is 1.16. The number of alkyl halides is 1. The van der Waals surface area contributed by atoms with Crippen LogP contribution >= 0.6 is 11.3 Å². The Bertz CT molecular complexity index is 1610. The first-order valence-corrected chi connectivity index (χ1v) is 17.4. The largest absolute Gasteiger partial charge is 0.461 e. The van der Waals surface area contributed by atoms with E-state index >= 15 is 4.39 Å². The minimum atomic E-state index is -0.987. The molecule has 1 aliphatic carbocycles. The van der Waals surface area contributed by atoms with Crippen LogP contribution in [0.1, 0.15) is 82.2 Å². The molecule has 14 heteroatoms. The third kappa shape index (κ3) is 5.88. The van der Waals surface area contributed by atoms with Gasteiger partial charge in [0.15, 0.2) is 11.6 Å². The number of anilines is 3. The molecule has 4 saturated heterocycles. The van der Waals surface area contributed by atoms with Gasteiger partial charge in [0.25, 0.3) is 0 Å². The van der Waals surface area contributed by atoms with Crippen LogP contribution in [0.4, 0.5) is 30.2 Å². The summed E-state index contributed by atoms with van der Waals surface area (Å²) >= 11 is 1.39. The van der Waals surface area contributed by atoms with Gasteiger partial charge >= 0.3 is 12.1 Å². The molecule has 11 nitrogen and oxygen atoms in total. The van der Waals surface area contributed by atoms with E-state index < -0.39 is 34.8 Å². The summed E-state index contributed by atoms with van der Waals surface area (Å²) in [6.45, 7) is 10.2. The molecule has 3 atom stereocenters. The van der Waals surface area contributed by atoms with Crippen molar-refractivity contribution in [2.75, 3.05) is 61.0 Å². The SMILES string of the molecule is CC(C)(C)OC(=O)Nc1sc2c(c1C#N)C1(CC2)CN(c2nc(OC[C@@]34CCCN3C[C@H](F)C4)nc(N3CCC[C@@](C)(O)C3)c2F)C1. The highest BCUT2D eigenvalue weighted by atomic mass is 32.1. The van der Waals surface area contributed by atoms with Crippen LogP contribution in [0.2, 0.25) is 0 Å². The van der Waals surface area contributed by atoms with Crippen molar-refractivity contribution in [2.45, 2.75) is 101 Å². The Hall–Kier alpha value is -3.28. The van der Waals surface area contributed by atoms with Crippen molar-refractivity contribution in [1.82, 2.24) is 14.9 Å². The Labute approximate surface area is 277 Å². The average Bonchev–Trinajstić information content (AvgIpc) is 3.68. The highest BCUT2D eigenvalue weighted by Gasteiger charge is 2.53. The summed E-state index contributed by atoms with van der Waals surface area (Å²) in [5.41, 5.74) is -1.12. The summed E-state index contributed by atoms with van der Waals surface area (Å²) < 4.78 is 42.5. The van der Waals surface area contributed by atoms with Gasteiger partial charge in [-0.1, -0.05) is 0 Å². The molecule has 0 unspecified atom stereocenters. The number of piperidine rings is 1. The van der Waals surface area contributed by atoms with Gasteiger partial charge in [-0.25, -0.2) is 9.18 Å². The van der Waals surface area contributed by atoms with E-state index in [1.165, 1.54) is 11.3 Å². The van der Waals surface area contributed by atoms with E-state index in [2.05, 4.69) is 26.3 Å². The third-order valence-electron chi connectivity index (χ3n) is 10.4. The first-order valence-electron chi connectivity index (χ1n) is 16.6. The van der Waals surface area contributed by atoms with E-state index in [1.54, 1.807) is 32.6 Å². The summed E-state index contributed by atoms with van der Waals surface area (Å²) in [6.07, 6.45) is 3.52. The monoisotopic (exact) mass is 671 g/mol. The number of aliphatic hydroxyl groups is 1. The Morgan fingerprint density at radius 1 is 1.15 bits per heavy atom. The van der Waals surface area contributed by atoms with Gasteiger partial charge in [-0.3, -0.25) is 10.2 Å². The van der Waals surface area contributed by atoms with E-state index in [9.17, 15) is 19.6 Å². The van der Waals surface area contributed by atoms with Gasteiger partial charge in [-0.2, -0.15) is 19.6 Å². The first-order chi connectivity index (χ1) is 22.2. The number of hydrogen-bond acceptors (Lipinski definition) is 11. The van der Waals surface area contributed by atoms with E-state index in [0.717, 1.165) is 42.7 Å². The number of rotatable bonds is 6. The quantitative estimate of drug-likeness (QED) is 0.438. The van der Waals surface area contributed by atoms with Crippen molar-refractivity contribution in [3.05, 3.63) is 21.8 Å². The number of carbonyl (C=O) groups excluding carboxylic acids is 1. The summed E-state index contributed by atoms with van der Waals surface area (Å²) in [4.78, 5) is 28.5. The number of nitriles is 1. The third-order valence-corrected chi connectivity index (χ3v) is 11.5. The second-order valence-electron chi connectivity index (χ2n) is 15.3. The molecule has 0 saturated carbocycles.